The van der Waals surface area contributed by atoms with Crippen LogP contribution >= 0.6 is 0 Å². The smallest absolute Gasteiger partial charge is 0.224 e. The quantitative estimate of drug-likeness (QED) is 0.739. The highest BCUT2D eigenvalue weighted by Gasteiger charge is 2.14. The number of methoxy groups -OCH3 is 1. The number of rotatable bonds is 6. The van der Waals surface area contributed by atoms with Crippen LogP contribution in [0.15, 0.2) is 12.3 Å². The van der Waals surface area contributed by atoms with Gasteiger partial charge in [0.05, 0.1) is 6.61 Å². The van der Waals surface area contributed by atoms with Gasteiger partial charge in [-0.1, -0.05) is 12.8 Å². The molecule has 17 heavy (non-hydrogen) atoms. The molecule has 1 saturated carbocycles. The van der Waals surface area contributed by atoms with E-state index >= 15 is 0 Å². The summed E-state index contributed by atoms with van der Waals surface area (Å²) in [5.41, 5.74) is 0. The van der Waals surface area contributed by atoms with Gasteiger partial charge in [-0.25, -0.2) is 4.98 Å². The molecule has 0 unspecified atom stereocenters. The summed E-state index contributed by atoms with van der Waals surface area (Å²) in [6.45, 7) is 1.38. The SMILES string of the molecule is COCCNc1nccc(NC2CCCC2)n1. The second-order valence-electron chi connectivity index (χ2n) is 4.31. The molecular weight excluding hydrogens is 216 g/mol. The molecule has 0 aliphatic heterocycles. The highest BCUT2D eigenvalue weighted by molar-refractivity contribution is 5.40. The molecule has 5 nitrogen and oxygen atoms in total. The van der Waals surface area contributed by atoms with Crippen molar-refractivity contribution in [1.82, 2.24) is 9.97 Å². The molecule has 2 N–H and O–H groups in total. The normalized spacial score (nSPS) is 16.1. The van der Waals surface area contributed by atoms with Crippen molar-refractivity contribution in [3.05, 3.63) is 12.3 Å². The summed E-state index contributed by atoms with van der Waals surface area (Å²) >= 11 is 0. The van der Waals surface area contributed by atoms with Gasteiger partial charge >= 0.3 is 0 Å². The third-order valence-corrected chi connectivity index (χ3v) is 2.95. The lowest BCUT2D eigenvalue weighted by molar-refractivity contribution is 0.210. The van der Waals surface area contributed by atoms with Gasteiger partial charge in [-0.3, -0.25) is 0 Å². The number of anilines is 2. The minimum Gasteiger partial charge on any atom is -0.383 e. The van der Waals surface area contributed by atoms with E-state index in [0.717, 1.165) is 12.4 Å². The maximum Gasteiger partial charge on any atom is 0.224 e. The van der Waals surface area contributed by atoms with Crippen LogP contribution in [0.2, 0.25) is 0 Å². The fourth-order valence-electron chi connectivity index (χ4n) is 2.07. The van der Waals surface area contributed by atoms with Crippen molar-refractivity contribution in [2.75, 3.05) is 30.9 Å². The molecule has 1 aromatic rings. The standard InChI is InChI=1S/C12H20N4O/c1-17-9-8-14-12-13-7-6-11(16-12)15-10-4-2-3-5-10/h6-7,10H,2-5,8-9H2,1H3,(H2,13,14,15,16). The van der Waals surface area contributed by atoms with Gasteiger partial charge in [-0.15, -0.1) is 0 Å². The van der Waals surface area contributed by atoms with E-state index in [1.54, 1.807) is 13.3 Å². The van der Waals surface area contributed by atoms with Crippen LogP contribution in [0.1, 0.15) is 25.7 Å². The van der Waals surface area contributed by atoms with Crippen LogP contribution in [0, 0.1) is 0 Å². The first-order valence-corrected chi connectivity index (χ1v) is 6.21. The van der Waals surface area contributed by atoms with Gasteiger partial charge in [0.2, 0.25) is 5.95 Å². The first-order chi connectivity index (χ1) is 8.38. The Bertz CT molecular complexity index is 339. The lowest BCUT2D eigenvalue weighted by Gasteiger charge is -2.13. The van der Waals surface area contributed by atoms with E-state index in [4.69, 9.17) is 4.74 Å². The number of hydrogen-bond acceptors (Lipinski definition) is 5. The zero-order valence-electron chi connectivity index (χ0n) is 10.3. The second kappa shape index (κ2) is 6.39. The van der Waals surface area contributed by atoms with Crippen LogP contribution in [0.25, 0.3) is 0 Å². The zero-order valence-corrected chi connectivity index (χ0v) is 10.3. The zero-order chi connectivity index (χ0) is 11.9. The maximum atomic E-state index is 4.97. The summed E-state index contributed by atoms with van der Waals surface area (Å²) in [5.74, 6) is 1.57. The van der Waals surface area contributed by atoms with E-state index in [9.17, 15) is 0 Å². The van der Waals surface area contributed by atoms with E-state index < -0.39 is 0 Å². The topological polar surface area (TPSA) is 59.1 Å². The van der Waals surface area contributed by atoms with Crippen molar-refractivity contribution in [3.63, 3.8) is 0 Å². The van der Waals surface area contributed by atoms with Crippen molar-refractivity contribution in [3.8, 4) is 0 Å². The molecule has 0 atom stereocenters. The van der Waals surface area contributed by atoms with Gasteiger partial charge in [0.1, 0.15) is 5.82 Å². The van der Waals surface area contributed by atoms with Gasteiger partial charge in [0, 0.05) is 25.9 Å². The Morgan fingerprint density at radius 1 is 1.41 bits per heavy atom. The number of aromatic nitrogens is 2. The predicted molar refractivity (Wildman–Crippen MR) is 68.3 cm³/mol. The van der Waals surface area contributed by atoms with Crippen molar-refractivity contribution in [2.45, 2.75) is 31.7 Å². The molecule has 2 rings (SSSR count). The molecule has 0 aromatic carbocycles. The lowest BCUT2D eigenvalue weighted by Crippen LogP contribution is -2.16. The third-order valence-electron chi connectivity index (χ3n) is 2.95. The number of nitrogens with zero attached hydrogens (tertiary/aromatic N) is 2. The molecule has 0 spiro atoms. The van der Waals surface area contributed by atoms with E-state index in [1.807, 2.05) is 6.07 Å². The average molecular weight is 236 g/mol. The predicted octanol–water partition coefficient (Wildman–Crippen LogP) is 1.89. The molecule has 1 fully saturated rings. The summed E-state index contributed by atoms with van der Waals surface area (Å²) in [4.78, 5) is 8.59. The number of nitrogens with one attached hydrogen (secondary N) is 2. The maximum absolute atomic E-state index is 4.97. The molecule has 1 heterocycles. The molecular formula is C12H20N4O. The van der Waals surface area contributed by atoms with Crippen LogP contribution in [-0.2, 0) is 4.74 Å². The monoisotopic (exact) mass is 236 g/mol. The van der Waals surface area contributed by atoms with Gasteiger partial charge in [0.15, 0.2) is 0 Å². The Balaban J connectivity index is 1.86. The van der Waals surface area contributed by atoms with Crippen LogP contribution in [0.5, 0.6) is 0 Å². The largest absolute Gasteiger partial charge is 0.383 e. The van der Waals surface area contributed by atoms with Crippen LogP contribution in [0.4, 0.5) is 11.8 Å². The Morgan fingerprint density at radius 3 is 3.00 bits per heavy atom. The van der Waals surface area contributed by atoms with Crippen molar-refractivity contribution in [1.29, 1.82) is 0 Å². The minimum absolute atomic E-state index is 0.580. The summed E-state index contributed by atoms with van der Waals surface area (Å²) in [5, 5.41) is 6.57. The van der Waals surface area contributed by atoms with Crippen LogP contribution in [-0.4, -0.2) is 36.3 Å². The summed E-state index contributed by atoms with van der Waals surface area (Å²) in [7, 11) is 1.68. The molecule has 0 amide bonds. The fraction of sp³-hybridized carbons (Fsp3) is 0.667. The summed E-state index contributed by atoms with van der Waals surface area (Å²) in [6, 6.07) is 2.50. The van der Waals surface area contributed by atoms with Gasteiger partial charge in [0.25, 0.3) is 0 Å². The number of hydrogen-bond donors (Lipinski definition) is 2. The number of ether oxygens (including phenoxy) is 1. The van der Waals surface area contributed by atoms with E-state index in [2.05, 4.69) is 20.6 Å². The van der Waals surface area contributed by atoms with Crippen molar-refractivity contribution in [2.24, 2.45) is 0 Å². The van der Waals surface area contributed by atoms with E-state index in [-0.39, 0.29) is 0 Å². The molecule has 1 aliphatic rings. The molecule has 1 aromatic heterocycles. The Kier molecular flexibility index (Phi) is 4.55. The highest BCUT2D eigenvalue weighted by Crippen LogP contribution is 2.21. The molecule has 94 valence electrons. The highest BCUT2D eigenvalue weighted by atomic mass is 16.5. The Hall–Kier alpha value is -1.36. The Morgan fingerprint density at radius 2 is 2.24 bits per heavy atom. The minimum atomic E-state index is 0.580. The van der Waals surface area contributed by atoms with Gasteiger partial charge < -0.3 is 15.4 Å². The molecule has 0 bridgehead atoms. The second-order valence-corrected chi connectivity index (χ2v) is 4.31. The van der Waals surface area contributed by atoms with Crippen molar-refractivity contribution >= 4 is 11.8 Å². The van der Waals surface area contributed by atoms with Crippen LogP contribution in [0.3, 0.4) is 0 Å². The van der Waals surface area contributed by atoms with Gasteiger partial charge in [-0.2, -0.15) is 4.98 Å². The molecule has 1 aliphatic carbocycles. The third kappa shape index (κ3) is 3.85. The molecule has 5 heteroatoms. The lowest BCUT2D eigenvalue weighted by atomic mass is 10.2. The molecule has 0 saturated heterocycles. The van der Waals surface area contributed by atoms with Gasteiger partial charge in [-0.05, 0) is 18.9 Å². The average Bonchev–Trinajstić information content (AvgIpc) is 2.83. The first kappa shape index (κ1) is 12.1. The van der Waals surface area contributed by atoms with E-state index in [0.29, 0.717) is 18.6 Å². The first-order valence-electron chi connectivity index (χ1n) is 6.21. The van der Waals surface area contributed by atoms with Crippen molar-refractivity contribution < 1.29 is 4.74 Å². The van der Waals surface area contributed by atoms with Crippen LogP contribution < -0.4 is 10.6 Å². The summed E-state index contributed by atoms with van der Waals surface area (Å²) in [6.07, 6.45) is 6.91. The summed E-state index contributed by atoms with van der Waals surface area (Å²) < 4.78 is 4.97. The Labute approximate surface area is 102 Å². The molecule has 0 radical (unpaired) electrons. The van der Waals surface area contributed by atoms with E-state index in [1.165, 1.54) is 25.7 Å². The fourth-order valence-corrected chi connectivity index (χ4v) is 2.07.